The van der Waals surface area contributed by atoms with Crippen LogP contribution in [-0.2, 0) is 6.61 Å². The Kier molecular flexibility index (Phi) is 3.50. The van der Waals surface area contributed by atoms with Gasteiger partial charge in [-0.05, 0) is 42.5 Å². The first-order chi connectivity index (χ1) is 13.3. The fourth-order valence-corrected chi connectivity index (χ4v) is 3.75. The van der Waals surface area contributed by atoms with Gasteiger partial charge < -0.3 is 9.47 Å². The maximum atomic E-state index is 13.4. The molecule has 0 bridgehead atoms. The molecule has 0 fully saturated rings. The molecule has 27 heavy (non-hydrogen) atoms. The van der Waals surface area contributed by atoms with Crippen molar-refractivity contribution in [3.8, 4) is 22.8 Å². The van der Waals surface area contributed by atoms with E-state index in [0.29, 0.717) is 12.2 Å². The van der Waals surface area contributed by atoms with Crippen LogP contribution in [0.2, 0.25) is 0 Å². The molecule has 0 unspecified atom stereocenters. The topological polar surface area (TPSA) is 40.5 Å². The van der Waals surface area contributed by atoms with Gasteiger partial charge in [-0.15, -0.1) is 0 Å². The zero-order chi connectivity index (χ0) is 18.4. The molecule has 3 aromatic carbocycles. The molecular formula is C23H17NO3. The third-order valence-electron chi connectivity index (χ3n) is 5.02. The second-order valence-electron chi connectivity index (χ2n) is 6.50. The van der Waals surface area contributed by atoms with E-state index in [0.717, 1.165) is 39.2 Å². The number of ether oxygens (including phenoxy) is 2. The number of para-hydroxylation sites is 1. The summed E-state index contributed by atoms with van der Waals surface area (Å²) in [5.41, 5.74) is 4.34. The summed E-state index contributed by atoms with van der Waals surface area (Å²) in [6.07, 6.45) is 0. The van der Waals surface area contributed by atoms with Crippen molar-refractivity contribution in [2.24, 2.45) is 0 Å². The molecule has 1 aliphatic heterocycles. The first-order valence-corrected chi connectivity index (χ1v) is 8.81. The van der Waals surface area contributed by atoms with Crippen LogP contribution in [0.1, 0.15) is 15.9 Å². The van der Waals surface area contributed by atoms with Gasteiger partial charge in [-0.2, -0.15) is 0 Å². The van der Waals surface area contributed by atoms with Gasteiger partial charge in [0.2, 0.25) is 0 Å². The molecule has 2 heterocycles. The first kappa shape index (κ1) is 15.7. The molecule has 4 nitrogen and oxygen atoms in total. The molecular weight excluding hydrogens is 338 g/mol. The van der Waals surface area contributed by atoms with Gasteiger partial charge in [-0.1, -0.05) is 30.3 Å². The van der Waals surface area contributed by atoms with Gasteiger partial charge in [0.15, 0.2) is 0 Å². The minimum Gasteiger partial charge on any atom is -0.497 e. The summed E-state index contributed by atoms with van der Waals surface area (Å²) in [6, 6.07) is 23.0. The summed E-state index contributed by atoms with van der Waals surface area (Å²) >= 11 is 0. The zero-order valence-corrected chi connectivity index (χ0v) is 14.8. The molecule has 0 aliphatic carbocycles. The van der Waals surface area contributed by atoms with Crippen LogP contribution >= 0.6 is 0 Å². The van der Waals surface area contributed by atoms with E-state index in [-0.39, 0.29) is 5.91 Å². The normalized spacial score (nSPS) is 12.2. The third-order valence-corrected chi connectivity index (χ3v) is 5.02. The predicted octanol–water partition coefficient (Wildman–Crippen LogP) is 4.90. The van der Waals surface area contributed by atoms with Crippen LogP contribution in [0.15, 0.2) is 72.8 Å². The van der Waals surface area contributed by atoms with Crippen molar-refractivity contribution in [2.45, 2.75) is 6.61 Å². The van der Waals surface area contributed by atoms with Gasteiger partial charge in [0.05, 0.1) is 18.3 Å². The van der Waals surface area contributed by atoms with E-state index >= 15 is 0 Å². The number of methoxy groups -OCH3 is 1. The van der Waals surface area contributed by atoms with Crippen molar-refractivity contribution in [3.63, 3.8) is 0 Å². The molecule has 132 valence electrons. The molecule has 0 radical (unpaired) electrons. The number of rotatable bonds is 2. The van der Waals surface area contributed by atoms with E-state index in [4.69, 9.17) is 9.47 Å². The van der Waals surface area contributed by atoms with Crippen molar-refractivity contribution in [3.05, 3.63) is 83.9 Å². The minimum absolute atomic E-state index is 0.0521. The second-order valence-corrected chi connectivity index (χ2v) is 6.50. The Bertz CT molecular complexity index is 1180. The molecule has 0 spiro atoms. The van der Waals surface area contributed by atoms with E-state index in [1.807, 2.05) is 72.8 Å². The van der Waals surface area contributed by atoms with Crippen LogP contribution in [0.5, 0.6) is 11.5 Å². The SMILES string of the molecule is COc1ccc2c(c1)c1c(n2C(=O)c2ccccc2)-c2ccccc2OC1. The molecule has 4 heteroatoms. The van der Waals surface area contributed by atoms with Crippen LogP contribution in [-0.4, -0.2) is 17.6 Å². The number of hydrogen-bond donors (Lipinski definition) is 0. The van der Waals surface area contributed by atoms with Gasteiger partial charge in [0.1, 0.15) is 18.1 Å². The largest absolute Gasteiger partial charge is 0.497 e. The highest BCUT2D eigenvalue weighted by Gasteiger charge is 2.28. The number of aromatic nitrogens is 1. The highest BCUT2D eigenvalue weighted by Crippen LogP contribution is 2.43. The summed E-state index contributed by atoms with van der Waals surface area (Å²) in [4.78, 5) is 13.4. The zero-order valence-electron chi connectivity index (χ0n) is 14.8. The minimum atomic E-state index is -0.0521. The molecule has 0 amide bonds. The molecule has 0 saturated carbocycles. The Labute approximate surface area is 156 Å². The lowest BCUT2D eigenvalue weighted by atomic mass is 10.0. The van der Waals surface area contributed by atoms with Crippen molar-refractivity contribution in [1.82, 2.24) is 4.57 Å². The van der Waals surface area contributed by atoms with Crippen LogP contribution < -0.4 is 9.47 Å². The Morgan fingerprint density at radius 1 is 1.00 bits per heavy atom. The van der Waals surface area contributed by atoms with Crippen molar-refractivity contribution < 1.29 is 14.3 Å². The van der Waals surface area contributed by atoms with Crippen molar-refractivity contribution >= 4 is 16.8 Å². The van der Waals surface area contributed by atoms with Gasteiger partial charge >= 0.3 is 0 Å². The summed E-state index contributed by atoms with van der Waals surface area (Å²) in [5, 5.41) is 0.975. The summed E-state index contributed by atoms with van der Waals surface area (Å²) in [6.45, 7) is 0.422. The highest BCUT2D eigenvalue weighted by atomic mass is 16.5. The molecule has 0 atom stereocenters. The van der Waals surface area contributed by atoms with Gasteiger partial charge in [-0.3, -0.25) is 9.36 Å². The van der Waals surface area contributed by atoms with E-state index in [2.05, 4.69) is 0 Å². The number of nitrogens with zero attached hydrogens (tertiary/aromatic N) is 1. The number of carbonyl (C=O) groups is 1. The summed E-state index contributed by atoms with van der Waals surface area (Å²) < 4.78 is 13.2. The third kappa shape index (κ3) is 2.34. The predicted molar refractivity (Wildman–Crippen MR) is 104 cm³/mol. The standard InChI is InChI=1S/C23H17NO3/c1-26-16-11-12-20-18(13-16)19-14-27-21-10-6-5-9-17(21)22(19)24(20)23(25)15-7-3-2-4-8-15/h2-13H,14H2,1H3. The van der Waals surface area contributed by atoms with Crippen molar-refractivity contribution in [2.75, 3.05) is 7.11 Å². The van der Waals surface area contributed by atoms with E-state index in [9.17, 15) is 4.79 Å². The maximum Gasteiger partial charge on any atom is 0.262 e. The summed E-state index contributed by atoms with van der Waals surface area (Å²) in [7, 11) is 1.64. The smallest absolute Gasteiger partial charge is 0.262 e. The lowest BCUT2D eigenvalue weighted by molar-refractivity contribution is 0.0966. The Hall–Kier alpha value is -3.53. The maximum absolute atomic E-state index is 13.4. The second kappa shape index (κ2) is 6.02. The fourth-order valence-electron chi connectivity index (χ4n) is 3.75. The Morgan fingerprint density at radius 2 is 1.78 bits per heavy atom. The van der Waals surface area contributed by atoms with Crippen molar-refractivity contribution in [1.29, 1.82) is 0 Å². The number of benzene rings is 3. The van der Waals surface area contributed by atoms with Gasteiger partial charge in [-0.25, -0.2) is 0 Å². The average Bonchev–Trinajstić information content (AvgIpc) is 3.07. The monoisotopic (exact) mass is 355 g/mol. The fraction of sp³-hybridized carbons (Fsp3) is 0.0870. The quantitative estimate of drug-likeness (QED) is 0.514. The number of hydrogen-bond acceptors (Lipinski definition) is 3. The molecule has 0 saturated heterocycles. The van der Waals surface area contributed by atoms with Gasteiger partial charge in [0.25, 0.3) is 5.91 Å². The lowest BCUT2D eigenvalue weighted by Gasteiger charge is -2.20. The van der Waals surface area contributed by atoms with Crippen LogP contribution in [0, 0.1) is 0 Å². The van der Waals surface area contributed by atoms with E-state index in [1.165, 1.54) is 0 Å². The molecule has 1 aromatic heterocycles. The van der Waals surface area contributed by atoms with E-state index < -0.39 is 0 Å². The molecule has 5 rings (SSSR count). The molecule has 1 aliphatic rings. The number of carbonyl (C=O) groups excluding carboxylic acids is 1. The first-order valence-electron chi connectivity index (χ1n) is 8.81. The Balaban J connectivity index is 1.86. The molecule has 4 aromatic rings. The number of fused-ring (bicyclic) bond motifs is 5. The van der Waals surface area contributed by atoms with Crippen LogP contribution in [0.25, 0.3) is 22.2 Å². The van der Waals surface area contributed by atoms with Crippen LogP contribution in [0.3, 0.4) is 0 Å². The molecule has 0 N–H and O–H groups in total. The summed E-state index contributed by atoms with van der Waals surface area (Å²) in [5.74, 6) is 1.50. The van der Waals surface area contributed by atoms with E-state index in [1.54, 1.807) is 11.7 Å². The highest BCUT2D eigenvalue weighted by molar-refractivity contribution is 6.08. The lowest BCUT2D eigenvalue weighted by Crippen LogP contribution is -2.15. The average molecular weight is 355 g/mol. The Morgan fingerprint density at radius 3 is 2.59 bits per heavy atom. The van der Waals surface area contributed by atoms with Gasteiger partial charge in [0, 0.05) is 22.1 Å². The van der Waals surface area contributed by atoms with Crippen LogP contribution in [0.4, 0.5) is 0 Å².